The zero-order valence-electron chi connectivity index (χ0n) is 14.3. The topological polar surface area (TPSA) is 55.4 Å². The number of carbonyl (C=O) groups excluding carboxylic acids is 2. The Bertz CT molecular complexity index is 713. The summed E-state index contributed by atoms with van der Waals surface area (Å²) in [5.74, 6) is -0.214. The Morgan fingerprint density at radius 2 is 2.21 bits per heavy atom. The highest BCUT2D eigenvalue weighted by molar-refractivity contribution is 7.08. The highest BCUT2D eigenvalue weighted by Crippen LogP contribution is 2.42. The molecule has 0 radical (unpaired) electrons. The summed E-state index contributed by atoms with van der Waals surface area (Å²) in [6, 6.07) is 2.00. The molecule has 128 valence electrons. The fourth-order valence-electron chi connectivity index (χ4n) is 3.35. The second-order valence-electron chi connectivity index (χ2n) is 6.81. The lowest BCUT2D eigenvalue weighted by atomic mass is 9.76. The van der Waals surface area contributed by atoms with Crippen LogP contribution in [0.3, 0.4) is 0 Å². The van der Waals surface area contributed by atoms with Crippen molar-refractivity contribution >= 4 is 23.1 Å². The molecule has 0 saturated heterocycles. The quantitative estimate of drug-likeness (QED) is 0.841. The molecule has 0 aromatic carbocycles. The van der Waals surface area contributed by atoms with E-state index in [1.165, 1.54) is 0 Å². The van der Waals surface area contributed by atoms with Crippen LogP contribution in [0.4, 0.5) is 0 Å². The van der Waals surface area contributed by atoms with Crippen LogP contribution in [0.2, 0.25) is 0 Å². The zero-order valence-corrected chi connectivity index (χ0v) is 15.2. The molecule has 0 amide bonds. The minimum absolute atomic E-state index is 0.140. The van der Waals surface area contributed by atoms with Crippen LogP contribution in [0.5, 0.6) is 0 Å². The van der Waals surface area contributed by atoms with Gasteiger partial charge in [0.1, 0.15) is 0 Å². The molecule has 0 unspecified atom stereocenters. The van der Waals surface area contributed by atoms with E-state index in [0.29, 0.717) is 18.6 Å². The maximum absolute atomic E-state index is 12.7. The van der Waals surface area contributed by atoms with Gasteiger partial charge < -0.3 is 10.1 Å². The first kappa shape index (κ1) is 17.0. The van der Waals surface area contributed by atoms with Crippen LogP contribution in [0.25, 0.3) is 0 Å². The monoisotopic (exact) mass is 345 g/mol. The minimum Gasteiger partial charge on any atom is -0.462 e. The van der Waals surface area contributed by atoms with E-state index in [0.717, 1.165) is 35.4 Å². The molecule has 1 atom stereocenters. The van der Waals surface area contributed by atoms with Gasteiger partial charge in [-0.15, -0.1) is 0 Å². The molecule has 24 heavy (non-hydrogen) atoms. The van der Waals surface area contributed by atoms with Crippen molar-refractivity contribution in [2.24, 2.45) is 5.92 Å². The predicted molar refractivity (Wildman–Crippen MR) is 94.6 cm³/mol. The fourth-order valence-corrected chi connectivity index (χ4v) is 4.03. The number of esters is 1. The number of thiophene rings is 1. The molecule has 1 aromatic rings. The Hall–Kier alpha value is -1.88. The van der Waals surface area contributed by atoms with Gasteiger partial charge in [0, 0.05) is 29.3 Å². The molecule has 0 saturated carbocycles. The molecule has 4 nitrogen and oxygen atoms in total. The van der Waals surface area contributed by atoms with Crippen LogP contribution >= 0.6 is 11.3 Å². The number of nitrogens with one attached hydrogen (secondary N) is 1. The van der Waals surface area contributed by atoms with E-state index in [9.17, 15) is 9.59 Å². The lowest BCUT2D eigenvalue weighted by Gasteiger charge is -2.33. The van der Waals surface area contributed by atoms with Gasteiger partial charge in [0.05, 0.1) is 12.2 Å². The van der Waals surface area contributed by atoms with E-state index < -0.39 is 0 Å². The van der Waals surface area contributed by atoms with Gasteiger partial charge in [0.15, 0.2) is 5.78 Å². The van der Waals surface area contributed by atoms with Crippen molar-refractivity contribution in [1.82, 2.24) is 5.32 Å². The average molecular weight is 345 g/mol. The van der Waals surface area contributed by atoms with E-state index in [-0.39, 0.29) is 23.6 Å². The Kier molecular flexibility index (Phi) is 4.90. The number of hydrogen-bond donors (Lipinski definition) is 1. The Morgan fingerprint density at radius 1 is 1.42 bits per heavy atom. The highest BCUT2D eigenvalue weighted by atomic mass is 32.1. The normalized spacial score (nSPS) is 21.0. The second kappa shape index (κ2) is 6.93. The fraction of sp³-hybridized carbons (Fsp3) is 0.474. The Morgan fingerprint density at radius 3 is 2.88 bits per heavy atom. The van der Waals surface area contributed by atoms with Crippen molar-refractivity contribution in [2.45, 2.75) is 46.0 Å². The van der Waals surface area contributed by atoms with Gasteiger partial charge in [-0.1, -0.05) is 13.8 Å². The number of ether oxygens (including phenoxy) is 1. The standard InChI is InChI=1S/C19H23NO3S/c1-11(2)9-23-19(22)16-12(3)20-14-5-4-6-15(21)18(14)17(16)13-7-8-24-10-13/h7-8,10-11,17,20H,4-6,9H2,1-3H3/t17-/m1/s1. The first-order valence-electron chi connectivity index (χ1n) is 8.42. The largest absolute Gasteiger partial charge is 0.462 e. The van der Waals surface area contributed by atoms with Gasteiger partial charge in [0.25, 0.3) is 0 Å². The van der Waals surface area contributed by atoms with Gasteiger partial charge in [-0.3, -0.25) is 4.79 Å². The van der Waals surface area contributed by atoms with Gasteiger partial charge in [-0.25, -0.2) is 4.79 Å². The van der Waals surface area contributed by atoms with Crippen LogP contribution in [0.15, 0.2) is 39.4 Å². The third-order valence-corrected chi connectivity index (χ3v) is 5.12. The summed E-state index contributed by atoms with van der Waals surface area (Å²) in [7, 11) is 0. The molecule has 3 rings (SSSR count). The summed E-state index contributed by atoms with van der Waals surface area (Å²) in [5, 5.41) is 7.30. The molecule has 2 aliphatic rings. The summed E-state index contributed by atoms with van der Waals surface area (Å²) in [6.07, 6.45) is 2.27. The van der Waals surface area contributed by atoms with Crippen molar-refractivity contribution in [2.75, 3.05) is 6.61 Å². The van der Waals surface area contributed by atoms with Gasteiger partial charge >= 0.3 is 5.97 Å². The van der Waals surface area contributed by atoms with Gasteiger partial charge in [0.2, 0.25) is 0 Å². The van der Waals surface area contributed by atoms with Crippen molar-refractivity contribution in [3.8, 4) is 0 Å². The number of ketones is 1. The van der Waals surface area contributed by atoms with E-state index in [1.54, 1.807) is 11.3 Å². The number of hydrogen-bond acceptors (Lipinski definition) is 5. The van der Waals surface area contributed by atoms with Crippen molar-refractivity contribution < 1.29 is 14.3 Å². The Balaban J connectivity index is 2.02. The maximum Gasteiger partial charge on any atom is 0.336 e. The first-order chi connectivity index (χ1) is 11.5. The summed E-state index contributed by atoms with van der Waals surface area (Å²) in [6.45, 7) is 6.30. The molecule has 1 N–H and O–H groups in total. The number of rotatable bonds is 4. The van der Waals surface area contributed by atoms with E-state index in [1.807, 2.05) is 37.6 Å². The lowest BCUT2D eigenvalue weighted by molar-refractivity contribution is -0.140. The molecule has 0 spiro atoms. The summed E-state index contributed by atoms with van der Waals surface area (Å²) in [5.41, 5.74) is 4.10. The number of carbonyl (C=O) groups is 2. The second-order valence-corrected chi connectivity index (χ2v) is 7.59. The van der Waals surface area contributed by atoms with Crippen molar-refractivity contribution in [3.05, 3.63) is 44.9 Å². The van der Waals surface area contributed by atoms with Crippen LogP contribution in [-0.4, -0.2) is 18.4 Å². The predicted octanol–water partition coefficient (Wildman–Crippen LogP) is 3.92. The van der Waals surface area contributed by atoms with Crippen LogP contribution in [0.1, 0.15) is 51.5 Å². The molecule has 0 fully saturated rings. The Labute approximate surface area is 146 Å². The smallest absolute Gasteiger partial charge is 0.336 e. The van der Waals surface area contributed by atoms with E-state index in [4.69, 9.17) is 4.74 Å². The average Bonchev–Trinajstić information content (AvgIpc) is 3.05. The number of allylic oxidation sites excluding steroid dienone is 3. The van der Waals surface area contributed by atoms with Crippen LogP contribution in [-0.2, 0) is 14.3 Å². The third kappa shape index (κ3) is 3.18. The summed E-state index contributed by atoms with van der Waals surface area (Å²) < 4.78 is 5.49. The lowest BCUT2D eigenvalue weighted by Crippen LogP contribution is -2.34. The van der Waals surface area contributed by atoms with E-state index in [2.05, 4.69) is 5.32 Å². The van der Waals surface area contributed by atoms with Crippen molar-refractivity contribution in [3.63, 3.8) is 0 Å². The van der Waals surface area contributed by atoms with Crippen LogP contribution < -0.4 is 5.32 Å². The number of Topliss-reactive ketones (excluding diaryl/α,β-unsaturated/α-hetero) is 1. The zero-order chi connectivity index (χ0) is 17.3. The molecular weight excluding hydrogens is 322 g/mol. The number of dihydropyridines is 1. The molecular formula is C19H23NO3S. The van der Waals surface area contributed by atoms with Gasteiger partial charge in [-0.2, -0.15) is 11.3 Å². The van der Waals surface area contributed by atoms with Gasteiger partial charge in [-0.05, 0) is 48.1 Å². The molecule has 5 heteroatoms. The maximum atomic E-state index is 12.7. The van der Waals surface area contributed by atoms with Crippen LogP contribution in [0, 0.1) is 5.92 Å². The molecule has 2 heterocycles. The third-order valence-electron chi connectivity index (χ3n) is 4.42. The molecule has 0 bridgehead atoms. The SMILES string of the molecule is CC1=C(C(=O)OCC(C)C)[C@@H](c2ccsc2)C2=C(CCCC2=O)N1. The minimum atomic E-state index is -0.324. The molecule has 1 aromatic heterocycles. The van der Waals surface area contributed by atoms with E-state index >= 15 is 0 Å². The molecule has 1 aliphatic heterocycles. The van der Waals surface area contributed by atoms with Crippen molar-refractivity contribution in [1.29, 1.82) is 0 Å². The molecule has 1 aliphatic carbocycles. The highest BCUT2D eigenvalue weighted by Gasteiger charge is 2.39. The first-order valence-corrected chi connectivity index (χ1v) is 9.36. The summed E-state index contributed by atoms with van der Waals surface area (Å²) >= 11 is 1.58. The summed E-state index contributed by atoms with van der Waals surface area (Å²) in [4.78, 5) is 25.4.